The maximum atomic E-state index is 13.9. The van der Waals surface area contributed by atoms with Gasteiger partial charge in [0.05, 0.1) is 23.6 Å². The van der Waals surface area contributed by atoms with Crippen LogP contribution in [0, 0.1) is 17.1 Å². The van der Waals surface area contributed by atoms with Crippen molar-refractivity contribution in [1.82, 2.24) is 0 Å². The number of halogens is 1. The number of hydrogen-bond acceptors (Lipinski definition) is 4. The van der Waals surface area contributed by atoms with Gasteiger partial charge in [-0.05, 0) is 30.3 Å². The number of benzene rings is 2. The van der Waals surface area contributed by atoms with Gasteiger partial charge in [-0.15, -0.1) is 0 Å². The molecule has 8 heteroatoms. The Balaban J connectivity index is 2.09. The second kappa shape index (κ2) is 7.77. The van der Waals surface area contributed by atoms with Gasteiger partial charge in [-0.2, -0.15) is 5.26 Å². The average molecular weight is 361 g/mol. The summed E-state index contributed by atoms with van der Waals surface area (Å²) in [5.41, 5.74) is 0.715. The molecule has 1 N–H and O–H groups in total. The molecule has 0 aliphatic heterocycles. The van der Waals surface area contributed by atoms with E-state index in [1.165, 1.54) is 24.3 Å². The Hall–Kier alpha value is -2.92. The van der Waals surface area contributed by atoms with E-state index in [0.717, 1.165) is 16.6 Å². The summed E-state index contributed by atoms with van der Waals surface area (Å²) in [5.74, 6) is -1.13. The van der Waals surface area contributed by atoms with E-state index < -0.39 is 21.7 Å². The van der Waals surface area contributed by atoms with Crippen LogP contribution in [0.4, 0.5) is 15.8 Å². The lowest BCUT2D eigenvalue weighted by Crippen LogP contribution is -2.33. The lowest BCUT2D eigenvalue weighted by atomic mass is 10.2. The number of hydrogen-bond donors (Lipinski definition) is 1. The van der Waals surface area contributed by atoms with E-state index in [0.29, 0.717) is 11.3 Å². The zero-order chi connectivity index (χ0) is 18.4. The molecule has 1 amide bonds. The van der Waals surface area contributed by atoms with Crippen LogP contribution in [-0.4, -0.2) is 27.1 Å². The van der Waals surface area contributed by atoms with E-state index >= 15 is 0 Å². The molecule has 25 heavy (non-hydrogen) atoms. The fourth-order valence-corrected chi connectivity index (χ4v) is 3.14. The first kappa shape index (κ1) is 18.4. The summed E-state index contributed by atoms with van der Waals surface area (Å²) >= 11 is 0. The SMILES string of the molecule is CS(=O)(=O)N(CCC(=O)Nc1cccc(C#N)c1)c1ccccc1F. The van der Waals surface area contributed by atoms with Crippen LogP contribution in [0.3, 0.4) is 0 Å². The summed E-state index contributed by atoms with van der Waals surface area (Å²) in [4.78, 5) is 12.1. The van der Waals surface area contributed by atoms with Crippen LogP contribution in [0.15, 0.2) is 48.5 Å². The smallest absolute Gasteiger partial charge is 0.232 e. The molecule has 0 heterocycles. The number of rotatable bonds is 6. The zero-order valence-corrected chi connectivity index (χ0v) is 14.3. The topological polar surface area (TPSA) is 90.3 Å². The lowest BCUT2D eigenvalue weighted by Gasteiger charge is -2.22. The number of amides is 1. The highest BCUT2D eigenvalue weighted by Crippen LogP contribution is 2.21. The molecule has 0 aliphatic carbocycles. The van der Waals surface area contributed by atoms with Crippen molar-refractivity contribution in [2.45, 2.75) is 6.42 Å². The number of nitrogens with one attached hydrogen (secondary N) is 1. The number of nitrogens with zero attached hydrogens (tertiary/aromatic N) is 2. The number of carbonyl (C=O) groups excluding carboxylic acids is 1. The largest absolute Gasteiger partial charge is 0.326 e. The van der Waals surface area contributed by atoms with Crippen LogP contribution < -0.4 is 9.62 Å². The van der Waals surface area contributed by atoms with E-state index in [4.69, 9.17) is 5.26 Å². The van der Waals surface area contributed by atoms with Gasteiger partial charge in [0.15, 0.2) is 0 Å². The molecular weight excluding hydrogens is 345 g/mol. The monoisotopic (exact) mass is 361 g/mol. The molecule has 2 aromatic rings. The van der Waals surface area contributed by atoms with Gasteiger partial charge in [0, 0.05) is 18.7 Å². The molecule has 130 valence electrons. The Morgan fingerprint density at radius 3 is 2.60 bits per heavy atom. The normalized spacial score (nSPS) is 10.8. The van der Waals surface area contributed by atoms with Crippen LogP contribution in [0.1, 0.15) is 12.0 Å². The highest BCUT2D eigenvalue weighted by molar-refractivity contribution is 7.92. The predicted molar refractivity (Wildman–Crippen MR) is 93.0 cm³/mol. The summed E-state index contributed by atoms with van der Waals surface area (Å²) in [6.45, 7) is -0.205. The second-order valence-corrected chi connectivity index (χ2v) is 7.18. The van der Waals surface area contributed by atoms with Gasteiger partial charge in [0.2, 0.25) is 15.9 Å². The number of anilines is 2. The molecule has 0 saturated heterocycles. The van der Waals surface area contributed by atoms with Crippen molar-refractivity contribution in [3.05, 3.63) is 59.9 Å². The Labute approximate surface area is 145 Å². The molecule has 0 fully saturated rings. The first-order chi connectivity index (χ1) is 11.8. The molecule has 0 aromatic heterocycles. The number of para-hydroxylation sites is 1. The minimum Gasteiger partial charge on any atom is -0.326 e. The van der Waals surface area contributed by atoms with E-state index in [2.05, 4.69) is 5.32 Å². The summed E-state index contributed by atoms with van der Waals surface area (Å²) in [7, 11) is -3.75. The minimum atomic E-state index is -3.75. The van der Waals surface area contributed by atoms with Crippen molar-refractivity contribution >= 4 is 27.3 Å². The zero-order valence-electron chi connectivity index (χ0n) is 13.4. The standard InChI is InChI=1S/C17H16FN3O3S/c1-25(23,24)21(16-8-3-2-7-15(16)18)10-9-17(22)20-14-6-4-5-13(11-14)12-19/h2-8,11H,9-10H2,1H3,(H,20,22). The third kappa shape index (κ3) is 5.02. The fraction of sp³-hybridized carbons (Fsp3) is 0.176. The van der Waals surface area contributed by atoms with Gasteiger partial charge < -0.3 is 5.32 Å². The van der Waals surface area contributed by atoms with Crippen molar-refractivity contribution in [3.63, 3.8) is 0 Å². The van der Waals surface area contributed by atoms with Crippen LogP contribution in [0.2, 0.25) is 0 Å². The van der Waals surface area contributed by atoms with Crippen molar-refractivity contribution in [3.8, 4) is 6.07 Å². The third-order valence-electron chi connectivity index (χ3n) is 3.34. The van der Waals surface area contributed by atoms with E-state index in [1.54, 1.807) is 18.2 Å². The van der Waals surface area contributed by atoms with Crippen molar-refractivity contribution in [2.75, 3.05) is 22.4 Å². The number of nitriles is 1. The average Bonchev–Trinajstić information content (AvgIpc) is 2.55. The minimum absolute atomic E-state index is 0.107. The van der Waals surface area contributed by atoms with Gasteiger partial charge in [-0.3, -0.25) is 9.10 Å². The molecule has 2 rings (SSSR count). The van der Waals surface area contributed by atoms with Crippen LogP contribution in [0.25, 0.3) is 0 Å². The summed E-state index contributed by atoms with van der Waals surface area (Å²) < 4.78 is 38.6. The Morgan fingerprint density at radius 1 is 1.24 bits per heavy atom. The highest BCUT2D eigenvalue weighted by Gasteiger charge is 2.21. The predicted octanol–water partition coefficient (Wildman–Crippen LogP) is 2.49. The van der Waals surface area contributed by atoms with Crippen LogP contribution in [-0.2, 0) is 14.8 Å². The summed E-state index contributed by atoms with van der Waals surface area (Å²) in [5, 5.41) is 11.4. The van der Waals surface area contributed by atoms with E-state index in [1.807, 2.05) is 6.07 Å². The Kier molecular flexibility index (Phi) is 5.72. The van der Waals surface area contributed by atoms with Crippen molar-refractivity contribution < 1.29 is 17.6 Å². The molecular formula is C17H16FN3O3S. The Morgan fingerprint density at radius 2 is 1.96 bits per heavy atom. The molecule has 0 atom stereocenters. The first-order valence-corrected chi connectivity index (χ1v) is 9.18. The van der Waals surface area contributed by atoms with Gasteiger partial charge >= 0.3 is 0 Å². The van der Waals surface area contributed by atoms with Gasteiger partial charge in [0.25, 0.3) is 0 Å². The molecule has 0 radical (unpaired) electrons. The van der Waals surface area contributed by atoms with Crippen molar-refractivity contribution in [1.29, 1.82) is 5.26 Å². The van der Waals surface area contributed by atoms with Crippen LogP contribution in [0.5, 0.6) is 0 Å². The molecule has 0 aliphatic rings. The summed E-state index contributed by atoms with van der Waals surface area (Å²) in [6.07, 6.45) is 0.784. The van der Waals surface area contributed by atoms with E-state index in [-0.39, 0.29) is 18.7 Å². The van der Waals surface area contributed by atoms with Gasteiger partial charge in [-0.1, -0.05) is 18.2 Å². The fourth-order valence-electron chi connectivity index (χ4n) is 2.21. The van der Waals surface area contributed by atoms with Gasteiger partial charge in [-0.25, -0.2) is 12.8 Å². The Bertz CT molecular complexity index is 923. The van der Waals surface area contributed by atoms with Crippen LogP contribution >= 0.6 is 0 Å². The lowest BCUT2D eigenvalue weighted by molar-refractivity contribution is -0.116. The molecule has 2 aromatic carbocycles. The molecule has 0 unspecified atom stereocenters. The number of sulfonamides is 1. The van der Waals surface area contributed by atoms with Gasteiger partial charge in [0.1, 0.15) is 5.82 Å². The van der Waals surface area contributed by atoms with E-state index in [9.17, 15) is 17.6 Å². The highest BCUT2D eigenvalue weighted by atomic mass is 32.2. The quantitative estimate of drug-likeness (QED) is 0.856. The molecule has 0 spiro atoms. The number of carbonyl (C=O) groups is 1. The maximum Gasteiger partial charge on any atom is 0.232 e. The second-order valence-electron chi connectivity index (χ2n) is 5.28. The summed E-state index contributed by atoms with van der Waals surface area (Å²) in [6, 6.07) is 13.8. The molecule has 0 bridgehead atoms. The first-order valence-electron chi connectivity index (χ1n) is 7.33. The maximum absolute atomic E-state index is 13.9. The molecule has 6 nitrogen and oxygen atoms in total. The third-order valence-corrected chi connectivity index (χ3v) is 4.52. The molecule has 0 saturated carbocycles. The van der Waals surface area contributed by atoms with Crippen molar-refractivity contribution in [2.24, 2.45) is 0 Å².